The maximum absolute atomic E-state index is 5.29. The average molecular weight is 232 g/mol. The van der Waals surface area contributed by atoms with Crippen LogP contribution in [-0.4, -0.2) is 9.55 Å². The minimum atomic E-state index is 0.812. The van der Waals surface area contributed by atoms with Crippen molar-refractivity contribution in [2.45, 2.75) is 26.3 Å². The summed E-state index contributed by atoms with van der Waals surface area (Å²) in [7, 11) is 0. The Morgan fingerprint density at radius 1 is 1.25 bits per heavy atom. The average Bonchev–Trinajstić information content (AvgIpc) is 2.69. The third-order valence-electron chi connectivity index (χ3n) is 2.67. The third-order valence-corrected chi connectivity index (χ3v) is 3.01. The first-order valence-corrected chi connectivity index (χ1v) is 6.07. The Bertz CT molecular complexity index is 496. The van der Waals surface area contributed by atoms with Crippen molar-refractivity contribution in [3.63, 3.8) is 0 Å². The lowest BCUT2D eigenvalue weighted by Crippen LogP contribution is -1.99. The maximum Gasteiger partial charge on any atom is 0.177 e. The third kappa shape index (κ3) is 2.25. The molecule has 1 heterocycles. The van der Waals surface area contributed by atoms with Gasteiger partial charge in [-0.2, -0.15) is 0 Å². The first-order chi connectivity index (χ1) is 7.83. The van der Waals surface area contributed by atoms with Gasteiger partial charge in [-0.05, 0) is 24.2 Å². The molecule has 1 aromatic heterocycles. The molecule has 2 nitrogen and oxygen atoms in total. The fourth-order valence-corrected chi connectivity index (χ4v) is 2.03. The van der Waals surface area contributed by atoms with Gasteiger partial charge in [0.25, 0.3) is 0 Å². The number of hydrogen-bond acceptors (Lipinski definition) is 1. The van der Waals surface area contributed by atoms with Crippen LogP contribution >= 0.6 is 12.2 Å². The Morgan fingerprint density at radius 3 is 2.69 bits per heavy atom. The maximum atomic E-state index is 5.29. The van der Waals surface area contributed by atoms with Crippen molar-refractivity contribution >= 4 is 12.2 Å². The molecule has 16 heavy (non-hydrogen) atoms. The van der Waals surface area contributed by atoms with E-state index in [9.17, 15) is 0 Å². The van der Waals surface area contributed by atoms with Crippen LogP contribution in [0.25, 0.3) is 11.3 Å². The molecule has 2 aromatic rings. The first-order valence-electron chi connectivity index (χ1n) is 5.66. The molecule has 0 bridgehead atoms. The van der Waals surface area contributed by atoms with Crippen molar-refractivity contribution in [3.05, 3.63) is 41.3 Å². The van der Waals surface area contributed by atoms with Crippen molar-refractivity contribution in [3.8, 4) is 11.3 Å². The fraction of sp³-hybridized carbons (Fsp3) is 0.308. The van der Waals surface area contributed by atoms with Crippen LogP contribution in [0.15, 0.2) is 36.5 Å². The van der Waals surface area contributed by atoms with E-state index >= 15 is 0 Å². The molecule has 0 radical (unpaired) electrons. The summed E-state index contributed by atoms with van der Waals surface area (Å²) in [4.78, 5) is 3.12. The zero-order chi connectivity index (χ0) is 11.4. The van der Waals surface area contributed by atoms with E-state index in [1.807, 2.05) is 12.3 Å². The van der Waals surface area contributed by atoms with Crippen molar-refractivity contribution in [1.29, 1.82) is 0 Å². The summed E-state index contributed by atoms with van der Waals surface area (Å²) in [6.45, 7) is 3.18. The first kappa shape index (κ1) is 11.1. The van der Waals surface area contributed by atoms with Gasteiger partial charge in [0.2, 0.25) is 0 Å². The standard InChI is InChI=1S/C13H16N2S/c1-2-3-9-15-12(10-14-13(15)16)11-7-5-4-6-8-11/h4-8,10H,2-3,9H2,1H3,(H,14,16). The highest BCUT2D eigenvalue weighted by Crippen LogP contribution is 2.19. The number of aromatic amines is 1. The van der Waals surface area contributed by atoms with Gasteiger partial charge in [-0.25, -0.2) is 0 Å². The molecule has 0 unspecified atom stereocenters. The Labute approximate surface area is 101 Å². The van der Waals surface area contributed by atoms with Gasteiger partial charge < -0.3 is 9.55 Å². The van der Waals surface area contributed by atoms with Crippen LogP contribution in [0.2, 0.25) is 0 Å². The molecule has 2 rings (SSSR count). The molecule has 3 heteroatoms. The topological polar surface area (TPSA) is 20.7 Å². The summed E-state index contributed by atoms with van der Waals surface area (Å²) in [5.41, 5.74) is 2.39. The summed E-state index contributed by atoms with van der Waals surface area (Å²) in [5.74, 6) is 0. The molecule has 0 aliphatic heterocycles. The molecule has 84 valence electrons. The number of unbranched alkanes of at least 4 members (excludes halogenated alkanes) is 1. The van der Waals surface area contributed by atoms with E-state index in [1.54, 1.807) is 0 Å². The summed E-state index contributed by atoms with van der Waals surface area (Å²) in [6, 6.07) is 10.4. The highest BCUT2D eigenvalue weighted by molar-refractivity contribution is 7.71. The Hall–Kier alpha value is -1.35. The van der Waals surface area contributed by atoms with Crippen LogP contribution in [0.5, 0.6) is 0 Å². The molecule has 0 fully saturated rings. The molecule has 1 aromatic carbocycles. The largest absolute Gasteiger partial charge is 0.337 e. The van der Waals surface area contributed by atoms with Crippen molar-refractivity contribution < 1.29 is 0 Å². The molecule has 1 N–H and O–H groups in total. The minimum absolute atomic E-state index is 0.812. The lowest BCUT2D eigenvalue weighted by Gasteiger charge is -2.07. The number of nitrogens with zero attached hydrogens (tertiary/aromatic N) is 1. The van der Waals surface area contributed by atoms with E-state index in [2.05, 4.69) is 40.7 Å². The van der Waals surface area contributed by atoms with Gasteiger partial charge >= 0.3 is 0 Å². The van der Waals surface area contributed by atoms with Crippen molar-refractivity contribution in [2.24, 2.45) is 0 Å². The number of aromatic nitrogens is 2. The van der Waals surface area contributed by atoms with Crippen LogP contribution in [0.3, 0.4) is 0 Å². The van der Waals surface area contributed by atoms with Gasteiger partial charge in [-0.3, -0.25) is 0 Å². The SMILES string of the molecule is CCCCn1c(-c2ccccc2)c[nH]c1=S. The van der Waals surface area contributed by atoms with Gasteiger partial charge in [0.1, 0.15) is 0 Å². The predicted octanol–water partition coefficient (Wildman–Crippen LogP) is 4.01. The molecule has 0 saturated carbocycles. The summed E-state index contributed by atoms with van der Waals surface area (Å²) >= 11 is 5.29. The van der Waals surface area contributed by atoms with Gasteiger partial charge in [0.15, 0.2) is 4.77 Å². The number of rotatable bonds is 4. The minimum Gasteiger partial charge on any atom is -0.337 e. The van der Waals surface area contributed by atoms with Gasteiger partial charge in [0.05, 0.1) is 5.69 Å². The monoisotopic (exact) mass is 232 g/mol. The van der Waals surface area contributed by atoms with Gasteiger partial charge in [-0.1, -0.05) is 43.7 Å². The molecule has 0 amide bonds. The highest BCUT2D eigenvalue weighted by atomic mass is 32.1. The van der Waals surface area contributed by atoms with E-state index in [1.165, 1.54) is 17.7 Å². The van der Waals surface area contributed by atoms with Crippen molar-refractivity contribution in [2.75, 3.05) is 0 Å². The van der Waals surface area contributed by atoms with E-state index in [0.717, 1.165) is 17.7 Å². The quantitative estimate of drug-likeness (QED) is 0.790. The van der Waals surface area contributed by atoms with E-state index in [4.69, 9.17) is 12.2 Å². The molecule has 0 saturated heterocycles. The van der Waals surface area contributed by atoms with Crippen LogP contribution < -0.4 is 0 Å². The molecule has 0 atom stereocenters. The van der Waals surface area contributed by atoms with Gasteiger partial charge in [0, 0.05) is 12.7 Å². The van der Waals surface area contributed by atoms with Crippen LogP contribution in [-0.2, 0) is 6.54 Å². The molecular formula is C13H16N2S. The van der Waals surface area contributed by atoms with Gasteiger partial charge in [-0.15, -0.1) is 0 Å². The molecule has 0 aliphatic carbocycles. The van der Waals surface area contributed by atoms with Crippen molar-refractivity contribution in [1.82, 2.24) is 9.55 Å². The Kier molecular flexibility index (Phi) is 3.57. The summed E-state index contributed by atoms with van der Waals surface area (Å²) in [6.07, 6.45) is 4.33. The Balaban J connectivity index is 2.38. The highest BCUT2D eigenvalue weighted by Gasteiger charge is 2.05. The molecule has 0 spiro atoms. The normalized spacial score (nSPS) is 10.6. The summed E-state index contributed by atoms with van der Waals surface area (Å²) in [5, 5.41) is 0. The van der Waals surface area contributed by atoms with Crippen LogP contribution in [0, 0.1) is 4.77 Å². The lowest BCUT2D eigenvalue weighted by atomic mass is 10.1. The van der Waals surface area contributed by atoms with E-state index in [-0.39, 0.29) is 0 Å². The second-order valence-corrected chi connectivity index (χ2v) is 4.24. The van der Waals surface area contributed by atoms with E-state index in [0.29, 0.717) is 0 Å². The van der Waals surface area contributed by atoms with Crippen LogP contribution in [0.4, 0.5) is 0 Å². The lowest BCUT2D eigenvalue weighted by molar-refractivity contribution is 0.630. The van der Waals surface area contributed by atoms with E-state index < -0.39 is 0 Å². The summed E-state index contributed by atoms with van der Waals surface area (Å²) < 4.78 is 2.99. The molecular weight excluding hydrogens is 216 g/mol. The molecule has 0 aliphatic rings. The number of imidazole rings is 1. The second-order valence-electron chi connectivity index (χ2n) is 3.85. The second kappa shape index (κ2) is 5.12. The zero-order valence-electron chi connectivity index (χ0n) is 9.44. The number of benzene rings is 1. The Morgan fingerprint density at radius 2 is 2.00 bits per heavy atom. The van der Waals surface area contributed by atoms with Crippen LogP contribution in [0.1, 0.15) is 19.8 Å². The zero-order valence-corrected chi connectivity index (χ0v) is 10.3. The fourth-order valence-electron chi connectivity index (χ4n) is 1.78. The number of H-pyrrole nitrogens is 1. The number of hydrogen-bond donors (Lipinski definition) is 1. The smallest absolute Gasteiger partial charge is 0.177 e. The number of nitrogens with one attached hydrogen (secondary N) is 1. The predicted molar refractivity (Wildman–Crippen MR) is 70.0 cm³/mol.